The molecular formula is C29H25ClN2O4. The van der Waals surface area contributed by atoms with Crippen molar-refractivity contribution < 1.29 is 19.1 Å². The molecule has 0 saturated carbocycles. The normalized spacial score (nSPS) is 13.1. The standard InChI is InChI=1S/C29H25ClN2O4/c1-3-36-29(34)25-17-32(28(33)20-5-4-6-21(30)15-20)14-13-23-24-16-19(9-12-26(24)31-27(23)25)18-7-10-22(35-2)11-8-18/h4-12,15-17,31H,3,13-14H2,1-2H3. The second kappa shape index (κ2) is 9.91. The van der Waals surface area contributed by atoms with Crippen molar-refractivity contribution in [2.45, 2.75) is 13.3 Å². The first-order valence-electron chi connectivity index (χ1n) is 11.7. The molecule has 0 unspecified atom stereocenters. The molecule has 1 aliphatic rings. The number of amides is 1. The van der Waals surface area contributed by atoms with Crippen molar-refractivity contribution in [1.29, 1.82) is 0 Å². The Morgan fingerprint density at radius 3 is 2.53 bits per heavy atom. The van der Waals surface area contributed by atoms with Gasteiger partial charge in [-0.3, -0.25) is 4.79 Å². The molecule has 1 aliphatic heterocycles. The van der Waals surface area contributed by atoms with E-state index in [1.807, 2.05) is 36.4 Å². The topological polar surface area (TPSA) is 71.6 Å². The fourth-order valence-electron chi connectivity index (χ4n) is 4.53. The molecule has 0 radical (unpaired) electrons. The molecule has 5 rings (SSSR count). The summed E-state index contributed by atoms with van der Waals surface area (Å²) in [6, 6.07) is 20.9. The van der Waals surface area contributed by atoms with Crippen molar-refractivity contribution in [2.75, 3.05) is 20.3 Å². The summed E-state index contributed by atoms with van der Waals surface area (Å²) in [6.07, 6.45) is 2.15. The predicted molar refractivity (Wildman–Crippen MR) is 141 cm³/mol. The van der Waals surface area contributed by atoms with Crippen LogP contribution < -0.4 is 4.74 Å². The number of nitrogens with zero attached hydrogens (tertiary/aromatic N) is 1. The summed E-state index contributed by atoms with van der Waals surface area (Å²) in [5.74, 6) is 0.0863. The number of aromatic nitrogens is 1. The minimum Gasteiger partial charge on any atom is -0.497 e. The Bertz CT molecular complexity index is 1490. The molecule has 1 N–H and O–H groups in total. The van der Waals surface area contributed by atoms with Crippen LogP contribution in [0.1, 0.15) is 28.5 Å². The Morgan fingerprint density at radius 2 is 1.81 bits per heavy atom. The second-order valence-corrected chi connectivity index (χ2v) is 8.93. The molecule has 0 atom stereocenters. The highest BCUT2D eigenvalue weighted by Gasteiger charge is 2.28. The number of H-pyrrole nitrogens is 1. The largest absolute Gasteiger partial charge is 0.497 e. The number of methoxy groups -OCH3 is 1. The fraction of sp³-hybridized carbons (Fsp3) is 0.172. The smallest absolute Gasteiger partial charge is 0.341 e. The maximum atomic E-state index is 13.3. The van der Waals surface area contributed by atoms with Crippen LogP contribution in [0.3, 0.4) is 0 Å². The summed E-state index contributed by atoms with van der Waals surface area (Å²) in [7, 11) is 1.64. The zero-order chi connectivity index (χ0) is 25.2. The number of esters is 1. The lowest BCUT2D eigenvalue weighted by Crippen LogP contribution is -2.28. The third-order valence-corrected chi connectivity index (χ3v) is 6.55. The van der Waals surface area contributed by atoms with Gasteiger partial charge in [-0.15, -0.1) is 0 Å². The number of carbonyl (C=O) groups excluding carboxylic acids is 2. The van der Waals surface area contributed by atoms with Gasteiger partial charge in [0.15, 0.2) is 0 Å². The van der Waals surface area contributed by atoms with Crippen LogP contribution in [0.4, 0.5) is 0 Å². The number of aromatic amines is 1. The molecule has 6 nitrogen and oxygen atoms in total. The Kier molecular flexibility index (Phi) is 6.53. The first-order chi connectivity index (χ1) is 17.5. The van der Waals surface area contributed by atoms with E-state index >= 15 is 0 Å². The van der Waals surface area contributed by atoms with Crippen LogP contribution in [-0.2, 0) is 16.0 Å². The lowest BCUT2D eigenvalue weighted by Gasteiger charge is -2.18. The highest BCUT2D eigenvalue weighted by Crippen LogP contribution is 2.34. The molecule has 0 aliphatic carbocycles. The number of rotatable bonds is 5. The molecule has 0 saturated heterocycles. The van der Waals surface area contributed by atoms with Crippen LogP contribution in [0.5, 0.6) is 5.75 Å². The number of carbonyl (C=O) groups is 2. The summed E-state index contributed by atoms with van der Waals surface area (Å²) >= 11 is 6.11. The molecule has 1 amide bonds. The Balaban J connectivity index is 1.58. The van der Waals surface area contributed by atoms with Crippen LogP contribution >= 0.6 is 11.6 Å². The molecular weight excluding hydrogens is 476 g/mol. The van der Waals surface area contributed by atoms with E-state index in [2.05, 4.69) is 11.1 Å². The number of halogens is 1. The monoisotopic (exact) mass is 500 g/mol. The number of benzene rings is 3. The molecule has 3 aromatic carbocycles. The third kappa shape index (κ3) is 4.48. The van der Waals surface area contributed by atoms with Gasteiger partial charge < -0.3 is 19.4 Å². The molecule has 182 valence electrons. The molecule has 1 aromatic heterocycles. The van der Waals surface area contributed by atoms with E-state index in [9.17, 15) is 9.59 Å². The highest BCUT2D eigenvalue weighted by atomic mass is 35.5. The van der Waals surface area contributed by atoms with Crippen molar-refractivity contribution in [3.8, 4) is 16.9 Å². The van der Waals surface area contributed by atoms with Crippen LogP contribution in [0.2, 0.25) is 5.02 Å². The molecule has 4 aromatic rings. The Hall–Kier alpha value is -4.03. The third-order valence-electron chi connectivity index (χ3n) is 6.31. The van der Waals surface area contributed by atoms with Gasteiger partial charge in [0.1, 0.15) is 5.75 Å². The van der Waals surface area contributed by atoms with Crippen molar-refractivity contribution >= 4 is 40.0 Å². The van der Waals surface area contributed by atoms with Gasteiger partial charge in [-0.1, -0.05) is 35.9 Å². The van der Waals surface area contributed by atoms with Crippen molar-refractivity contribution in [3.05, 3.63) is 94.8 Å². The zero-order valence-corrected chi connectivity index (χ0v) is 20.8. The summed E-state index contributed by atoms with van der Waals surface area (Å²) in [4.78, 5) is 31.3. The maximum Gasteiger partial charge on any atom is 0.341 e. The minimum absolute atomic E-state index is 0.229. The Morgan fingerprint density at radius 1 is 1.03 bits per heavy atom. The van der Waals surface area contributed by atoms with Crippen LogP contribution in [0, 0.1) is 0 Å². The van der Waals surface area contributed by atoms with E-state index in [1.165, 1.54) is 0 Å². The van der Waals surface area contributed by atoms with Crippen molar-refractivity contribution in [2.24, 2.45) is 0 Å². The van der Waals surface area contributed by atoms with Crippen LogP contribution in [0.25, 0.3) is 27.6 Å². The summed E-state index contributed by atoms with van der Waals surface area (Å²) < 4.78 is 10.6. The van der Waals surface area contributed by atoms with E-state index in [0.29, 0.717) is 34.8 Å². The van der Waals surface area contributed by atoms with E-state index in [1.54, 1.807) is 49.4 Å². The molecule has 2 heterocycles. The Labute approximate surface area is 214 Å². The lowest BCUT2D eigenvalue weighted by atomic mass is 9.99. The number of nitrogens with one attached hydrogen (secondary N) is 1. The van der Waals surface area contributed by atoms with Gasteiger partial charge in [-0.25, -0.2) is 4.79 Å². The predicted octanol–water partition coefficient (Wildman–Crippen LogP) is 6.10. The van der Waals surface area contributed by atoms with E-state index in [4.69, 9.17) is 21.1 Å². The zero-order valence-electron chi connectivity index (χ0n) is 20.0. The van der Waals surface area contributed by atoms with Gasteiger partial charge in [-0.2, -0.15) is 0 Å². The molecule has 0 fully saturated rings. The van der Waals surface area contributed by atoms with Gasteiger partial charge in [0, 0.05) is 34.2 Å². The summed E-state index contributed by atoms with van der Waals surface area (Å²) in [6.45, 7) is 2.40. The average Bonchev–Trinajstić information content (AvgIpc) is 3.14. The lowest BCUT2D eigenvalue weighted by molar-refractivity contribution is -0.136. The molecule has 36 heavy (non-hydrogen) atoms. The summed E-state index contributed by atoms with van der Waals surface area (Å²) in [5, 5.41) is 1.48. The van der Waals surface area contributed by atoms with Crippen LogP contribution in [0.15, 0.2) is 72.9 Å². The summed E-state index contributed by atoms with van der Waals surface area (Å²) in [5.41, 5.74) is 5.45. The van der Waals surface area contributed by atoms with Crippen molar-refractivity contribution in [1.82, 2.24) is 9.88 Å². The van der Waals surface area contributed by atoms with Gasteiger partial charge in [0.2, 0.25) is 0 Å². The highest BCUT2D eigenvalue weighted by molar-refractivity contribution is 6.31. The van der Waals surface area contributed by atoms with Crippen LogP contribution in [-0.4, -0.2) is 42.0 Å². The molecule has 0 bridgehead atoms. The number of fused-ring (bicyclic) bond motifs is 3. The molecule has 0 spiro atoms. The first-order valence-corrected chi connectivity index (χ1v) is 12.1. The van der Waals surface area contributed by atoms with Gasteiger partial charge >= 0.3 is 5.97 Å². The number of hydrogen-bond acceptors (Lipinski definition) is 4. The van der Waals surface area contributed by atoms with Gasteiger partial charge in [0.25, 0.3) is 5.91 Å². The molecule has 7 heteroatoms. The van der Waals surface area contributed by atoms with E-state index < -0.39 is 5.97 Å². The minimum atomic E-state index is -0.480. The number of hydrogen-bond donors (Lipinski definition) is 1. The van der Waals surface area contributed by atoms with Gasteiger partial charge in [-0.05, 0) is 72.5 Å². The second-order valence-electron chi connectivity index (χ2n) is 8.49. The van der Waals surface area contributed by atoms with E-state index in [0.717, 1.165) is 33.3 Å². The van der Waals surface area contributed by atoms with Crippen molar-refractivity contribution in [3.63, 3.8) is 0 Å². The fourth-order valence-corrected chi connectivity index (χ4v) is 4.72. The van der Waals surface area contributed by atoms with Gasteiger partial charge in [0.05, 0.1) is 25.0 Å². The quantitative estimate of drug-likeness (QED) is 0.336. The first kappa shape index (κ1) is 23.7. The number of ether oxygens (including phenoxy) is 2. The SMILES string of the molecule is CCOC(=O)C1=CN(C(=O)c2cccc(Cl)c2)CCc2c1[nH]c1ccc(-c3ccc(OC)cc3)cc21. The average molecular weight is 501 g/mol. The van der Waals surface area contributed by atoms with E-state index in [-0.39, 0.29) is 12.5 Å². The maximum absolute atomic E-state index is 13.3.